The van der Waals surface area contributed by atoms with Gasteiger partial charge in [0.25, 0.3) is 5.91 Å². The number of phenolic OH excluding ortho intramolecular Hbond substituents is 1. The summed E-state index contributed by atoms with van der Waals surface area (Å²) in [5, 5.41) is 9.97. The Hall–Kier alpha value is -3.12. The first-order chi connectivity index (χ1) is 16.3. The van der Waals surface area contributed by atoms with Crippen LogP contribution in [0.1, 0.15) is 35.6 Å². The number of carbonyl (C=O) groups excluding carboxylic acids is 4. The van der Waals surface area contributed by atoms with Gasteiger partial charge in [0.15, 0.2) is 0 Å². The molecule has 34 heavy (non-hydrogen) atoms. The summed E-state index contributed by atoms with van der Waals surface area (Å²) in [6, 6.07) is 5.21. The normalized spacial score (nSPS) is 24.2. The van der Waals surface area contributed by atoms with Crippen LogP contribution in [0, 0.1) is 5.92 Å². The highest BCUT2D eigenvalue weighted by atomic mass is 32.2. The van der Waals surface area contributed by atoms with E-state index in [4.69, 9.17) is 5.73 Å². The fourth-order valence-corrected chi connectivity index (χ4v) is 7.70. The number of aromatic hydroxyl groups is 1. The van der Waals surface area contributed by atoms with Crippen LogP contribution in [0.2, 0.25) is 0 Å². The maximum atomic E-state index is 13.1. The van der Waals surface area contributed by atoms with Crippen molar-refractivity contribution in [2.24, 2.45) is 11.7 Å². The molecule has 5 rings (SSSR count). The molecular formula is C22H22N4O6S2. The van der Waals surface area contributed by atoms with Crippen molar-refractivity contribution in [3.05, 3.63) is 44.4 Å². The Morgan fingerprint density at radius 3 is 2.44 bits per heavy atom. The van der Waals surface area contributed by atoms with Crippen LogP contribution in [0.25, 0.3) is 0 Å². The van der Waals surface area contributed by atoms with Crippen LogP contribution in [-0.2, 0) is 20.9 Å². The number of nitrogens with two attached hydrogens (primary N) is 1. The van der Waals surface area contributed by atoms with E-state index in [9.17, 15) is 29.1 Å². The zero-order valence-corrected chi connectivity index (χ0v) is 19.6. The SMILES string of the molecule is NC(=O)N1C(=O)C2Sc3c(sc(=O)n3CC(=O)N3CCCCC3)C(c3ccccc3O)C2C1=O. The summed E-state index contributed by atoms with van der Waals surface area (Å²) in [7, 11) is 0. The van der Waals surface area contributed by atoms with Gasteiger partial charge in [0.05, 0.1) is 10.9 Å². The highest BCUT2D eigenvalue weighted by Gasteiger charge is 2.58. The number of rotatable bonds is 3. The van der Waals surface area contributed by atoms with E-state index in [1.54, 1.807) is 23.1 Å². The molecule has 0 saturated carbocycles. The second-order valence-electron chi connectivity index (χ2n) is 8.52. The number of benzene rings is 1. The number of urea groups is 1. The number of amides is 5. The van der Waals surface area contributed by atoms with E-state index < -0.39 is 34.9 Å². The molecule has 1 aromatic heterocycles. The number of nitrogens with zero attached hydrogens (tertiary/aromatic N) is 3. The minimum Gasteiger partial charge on any atom is -0.508 e. The minimum atomic E-state index is -1.16. The van der Waals surface area contributed by atoms with Crippen LogP contribution in [0.15, 0.2) is 34.1 Å². The third-order valence-electron chi connectivity index (χ3n) is 6.54. The quantitative estimate of drug-likeness (QED) is 0.602. The van der Waals surface area contributed by atoms with Crippen molar-refractivity contribution >= 4 is 46.9 Å². The van der Waals surface area contributed by atoms with Gasteiger partial charge >= 0.3 is 10.9 Å². The van der Waals surface area contributed by atoms with E-state index in [0.717, 1.165) is 42.4 Å². The Bertz CT molecular complexity index is 1260. The van der Waals surface area contributed by atoms with Crippen LogP contribution in [-0.4, -0.2) is 61.6 Å². The molecule has 4 heterocycles. The molecule has 2 aromatic rings. The first kappa shape index (κ1) is 22.7. The minimum absolute atomic E-state index is 0.0985. The van der Waals surface area contributed by atoms with E-state index >= 15 is 0 Å². The van der Waals surface area contributed by atoms with Crippen molar-refractivity contribution in [1.82, 2.24) is 14.4 Å². The van der Waals surface area contributed by atoms with Gasteiger partial charge in [0.1, 0.15) is 17.5 Å². The molecule has 2 fully saturated rings. The lowest BCUT2D eigenvalue weighted by Gasteiger charge is -2.31. The maximum absolute atomic E-state index is 13.1. The molecule has 2 saturated heterocycles. The van der Waals surface area contributed by atoms with Gasteiger partial charge in [-0.05, 0) is 25.3 Å². The number of phenols is 1. The topological polar surface area (TPSA) is 143 Å². The first-order valence-corrected chi connectivity index (χ1v) is 12.6. The standard InChI is InChI=1S/C22H22N4O6S2/c23-21(31)26-18(29)15-14(11-6-2-3-7-12(11)27)17-20(33-16(15)19(26)30)25(22(32)34-17)10-13(28)24-8-4-1-5-9-24/h2-3,6-7,14-16,27H,1,4-5,8-10H2,(H2,23,31). The molecule has 0 aliphatic carbocycles. The van der Waals surface area contributed by atoms with Crippen LogP contribution in [0.4, 0.5) is 4.79 Å². The van der Waals surface area contributed by atoms with Gasteiger partial charge in [-0.2, -0.15) is 4.90 Å². The number of thioether (sulfide) groups is 1. The van der Waals surface area contributed by atoms with Crippen molar-refractivity contribution in [3.8, 4) is 5.75 Å². The average molecular weight is 503 g/mol. The molecule has 10 nitrogen and oxygen atoms in total. The first-order valence-electron chi connectivity index (χ1n) is 10.9. The van der Waals surface area contributed by atoms with E-state index in [0.29, 0.717) is 33.5 Å². The van der Waals surface area contributed by atoms with Gasteiger partial charge in [-0.3, -0.25) is 23.7 Å². The van der Waals surface area contributed by atoms with Gasteiger partial charge in [0, 0.05) is 29.4 Å². The Labute approximate surface area is 202 Å². The number of thiazole rings is 1. The van der Waals surface area contributed by atoms with E-state index in [1.807, 2.05) is 0 Å². The number of para-hydroxylation sites is 1. The van der Waals surface area contributed by atoms with Crippen molar-refractivity contribution in [2.45, 2.75) is 42.0 Å². The lowest BCUT2D eigenvalue weighted by atomic mass is 9.82. The van der Waals surface area contributed by atoms with Crippen molar-refractivity contribution in [2.75, 3.05) is 13.1 Å². The zero-order chi connectivity index (χ0) is 24.1. The number of imide groups is 3. The monoisotopic (exact) mass is 502 g/mol. The number of carbonyl (C=O) groups is 4. The smallest absolute Gasteiger partial charge is 0.328 e. The van der Waals surface area contributed by atoms with Crippen LogP contribution in [0.3, 0.4) is 0 Å². The Morgan fingerprint density at radius 1 is 1.06 bits per heavy atom. The molecule has 3 atom stereocenters. The molecule has 3 N–H and O–H groups in total. The Morgan fingerprint density at radius 2 is 1.76 bits per heavy atom. The summed E-state index contributed by atoms with van der Waals surface area (Å²) < 4.78 is 1.34. The molecule has 5 amide bonds. The Balaban J connectivity index is 1.61. The van der Waals surface area contributed by atoms with Crippen molar-refractivity contribution in [1.29, 1.82) is 0 Å². The zero-order valence-electron chi connectivity index (χ0n) is 18.0. The number of likely N-dealkylation sites (tertiary alicyclic amines) is 2. The Kier molecular flexibility index (Phi) is 5.72. The number of fused-ring (bicyclic) bond motifs is 2. The highest BCUT2D eigenvalue weighted by Crippen LogP contribution is 2.54. The van der Waals surface area contributed by atoms with Gasteiger partial charge in [-0.25, -0.2) is 4.79 Å². The summed E-state index contributed by atoms with van der Waals surface area (Å²) in [5.74, 6) is -3.66. The number of hydrogen-bond acceptors (Lipinski definition) is 8. The molecule has 0 bridgehead atoms. The van der Waals surface area contributed by atoms with Crippen LogP contribution < -0.4 is 10.6 Å². The van der Waals surface area contributed by atoms with Crippen molar-refractivity contribution < 1.29 is 24.3 Å². The van der Waals surface area contributed by atoms with E-state index in [1.165, 1.54) is 10.6 Å². The second kappa shape index (κ2) is 8.58. The predicted molar refractivity (Wildman–Crippen MR) is 124 cm³/mol. The molecule has 1 aromatic carbocycles. The lowest BCUT2D eigenvalue weighted by molar-refractivity contribution is -0.136. The second-order valence-corrected chi connectivity index (χ2v) is 10.6. The lowest BCUT2D eigenvalue weighted by Crippen LogP contribution is -2.41. The fraction of sp³-hybridized carbons (Fsp3) is 0.409. The van der Waals surface area contributed by atoms with Crippen LogP contribution >= 0.6 is 23.1 Å². The summed E-state index contributed by atoms with van der Waals surface area (Å²) in [6.07, 6.45) is 2.89. The molecule has 0 radical (unpaired) electrons. The third kappa shape index (κ3) is 3.52. The van der Waals surface area contributed by atoms with Gasteiger partial charge < -0.3 is 15.7 Å². The molecular weight excluding hydrogens is 480 g/mol. The molecule has 0 spiro atoms. The summed E-state index contributed by atoms with van der Waals surface area (Å²) in [4.78, 5) is 66.2. The highest BCUT2D eigenvalue weighted by molar-refractivity contribution is 8.00. The number of piperidine rings is 1. The average Bonchev–Trinajstić information content (AvgIpc) is 3.26. The largest absolute Gasteiger partial charge is 0.508 e. The summed E-state index contributed by atoms with van der Waals surface area (Å²) in [6.45, 7) is 1.10. The molecule has 12 heteroatoms. The van der Waals surface area contributed by atoms with Gasteiger partial charge in [0.2, 0.25) is 11.8 Å². The van der Waals surface area contributed by atoms with Crippen LogP contribution in [0.5, 0.6) is 5.75 Å². The number of hydrogen-bond donors (Lipinski definition) is 2. The van der Waals surface area contributed by atoms with Crippen molar-refractivity contribution in [3.63, 3.8) is 0 Å². The maximum Gasteiger partial charge on any atom is 0.328 e. The van der Waals surface area contributed by atoms with Gasteiger partial charge in [-0.15, -0.1) is 0 Å². The van der Waals surface area contributed by atoms with E-state index in [-0.39, 0.29) is 23.1 Å². The number of aromatic nitrogens is 1. The summed E-state index contributed by atoms with van der Waals surface area (Å²) >= 11 is 1.89. The predicted octanol–water partition coefficient (Wildman–Crippen LogP) is 1.30. The third-order valence-corrected chi connectivity index (χ3v) is 9.15. The summed E-state index contributed by atoms with van der Waals surface area (Å²) in [5.41, 5.74) is 5.68. The molecule has 3 unspecified atom stereocenters. The molecule has 3 aliphatic rings. The molecule has 178 valence electrons. The fourth-order valence-electron chi connectivity index (χ4n) is 4.94. The molecule has 3 aliphatic heterocycles. The van der Waals surface area contributed by atoms with Gasteiger partial charge in [-0.1, -0.05) is 41.3 Å². The number of primary amides is 1. The van der Waals surface area contributed by atoms with E-state index in [2.05, 4.69) is 0 Å².